The van der Waals surface area contributed by atoms with Crippen LogP contribution < -0.4 is 5.32 Å². The lowest BCUT2D eigenvalue weighted by Gasteiger charge is -2.24. The fourth-order valence-corrected chi connectivity index (χ4v) is 3.50. The van der Waals surface area contributed by atoms with Gasteiger partial charge in [0.2, 0.25) is 0 Å². The van der Waals surface area contributed by atoms with Crippen LogP contribution in [0.1, 0.15) is 48.4 Å². The van der Waals surface area contributed by atoms with Gasteiger partial charge in [0.15, 0.2) is 0 Å². The number of hydrogen-bond donors (Lipinski definition) is 1. The fourth-order valence-electron chi connectivity index (χ4n) is 2.43. The SMILES string of the molecule is CNCc1cnc(C2CCCC(C)C2)s1. The van der Waals surface area contributed by atoms with Crippen molar-refractivity contribution in [3.8, 4) is 0 Å². The lowest BCUT2D eigenvalue weighted by atomic mass is 9.83. The first-order valence-corrected chi connectivity index (χ1v) is 6.70. The molecule has 3 heteroatoms. The summed E-state index contributed by atoms with van der Waals surface area (Å²) in [5, 5.41) is 4.55. The van der Waals surface area contributed by atoms with Gasteiger partial charge in [0.1, 0.15) is 0 Å². The largest absolute Gasteiger partial charge is 0.315 e. The topological polar surface area (TPSA) is 24.9 Å². The first-order valence-electron chi connectivity index (χ1n) is 5.88. The maximum absolute atomic E-state index is 4.57. The number of aromatic nitrogens is 1. The van der Waals surface area contributed by atoms with Crippen LogP contribution in [0.3, 0.4) is 0 Å². The Labute approximate surface area is 96.1 Å². The maximum atomic E-state index is 4.57. The zero-order chi connectivity index (χ0) is 10.7. The minimum Gasteiger partial charge on any atom is -0.315 e. The minimum absolute atomic E-state index is 0.740. The van der Waals surface area contributed by atoms with Gasteiger partial charge in [0.25, 0.3) is 0 Å². The van der Waals surface area contributed by atoms with E-state index < -0.39 is 0 Å². The summed E-state index contributed by atoms with van der Waals surface area (Å²) in [5.41, 5.74) is 0. The van der Waals surface area contributed by atoms with Gasteiger partial charge in [0, 0.05) is 23.5 Å². The van der Waals surface area contributed by atoms with Crippen LogP contribution in [0.15, 0.2) is 6.20 Å². The molecule has 2 rings (SSSR count). The first-order chi connectivity index (χ1) is 7.29. The van der Waals surface area contributed by atoms with Crippen molar-refractivity contribution in [3.05, 3.63) is 16.1 Å². The molecule has 0 amide bonds. The van der Waals surface area contributed by atoms with Crippen LogP contribution >= 0.6 is 11.3 Å². The molecule has 2 atom stereocenters. The predicted molar refractivity (Wildman–Crippen MR) is 65.3 cm³/mol. The molecule has 0 spiro atoms. The zero-order valence-electron chi connectivity index (χ0n) is 9.62. The van der Waals surface area contributed by atoms with Gasteiger partial charge in [0.05, 0.1) is 5.01 Å². The molecule has 1 saturated carbocycles. The fraction of sp³-hybridized carbons (Fsp3) is 0.750. The minimum atomic E-state index is 0.740. The Bertz CT molecular complexity index is 308. The van der Waals surface area contributed by atoms with E-state index >= 15 is 0 Å². The summed E-state index contributed by atoms with van der Waals surface area (Å²) in [6.45, 7) is 3.33. The lowest BCUT2D eigenvalue weighted by Crippen LogP contribution is -2.11. The Morgan fingerprint density at radius 3 is 3.13 bits per heavy atom. The van der Waals surface area contributed by atoms with Crippen LogP contribution in [-0.4, -0.2) is 12.0 Å². The molecule has 0 bridgehead atoms. The Kier molecular flexibility index (Phi) is 3.76. The number of thiazole rings is 1. The Morgan fingerprint density at radius 2 is 2.40 bits per heavy atom. The summed E-state index contributed by atoms with van der Waals surface area (Å²) in [6.07, 6.45) is 7.51. The van der Waals surface area contributed by atoms with Crippen molar-refractivity contribution in [1.29, 1.82) is 0 Å². The van der Waals surface area contributed by atoms with E-state index in [-0.39, 0.29) is 0 Å². The first kappa shape index (κ1) is 11.1. The molecular formula is C12H20N2S. The lowest BCUT2D eigenvalue weighted by molar-refractivity contribution is 0.343. The highest BCUT2D eigenvalue weighted by atomic mass is 32.1. The van der Waals surface area contributed by atoms with E-state index in [1.54, 1.807) is 0 Å². The van der Waals surface area contributed by atoms with Gasteiger partial charge in [-0.2, -0.15) is 0 Å². The summed E-state index contributed by atoms with van der Waals surface area (Å²) in [6, 6.07) is 0. The van der Waals surface area contributed by atoms with E-state index in [0.717, 1.165) is 18.4 Å². The molecule has 1 N–H and O–H groups in total. The number of rotatable bonds is 3. The molecule has 15 heavy (non-hydrogen) atoms. The number of hydrogen-bond acceptors (Lipinski definition) is 3. The smallest absolute Gasteiger partial charge is 0.0959 e. The van der Waals surface area contributed by atoms with Crippen LogP contribution in [-0.2, 0) is 6.54 Å². The summed E-state index contributed by atoms with van der Waals surface area (Å²) in [5.74, 6) is 1.63. The zero-order valence-corrected chi connectivity index (χ0v) is 10.4. The van der Waals surface area contributed by atoms with E-state index in [1.807, 2.05) is 24.6 Å². The van der Waals surface area contributed by atoms with Crippen molar-refractivity contribution in [1.82, 2.24) is 10.3 Å². The molecule has 1 aliphatic carbocycles. The quantitative estimate of drug-likeness (QED) is 0.853. The summed E-state index contributed by atoms with van der Waals surface area (Å²) in [7, 11) is 1.99. The molecule has 84 valence electrons. The van der Waals surface area contributed by atoms with Crippen molar-refractivity contribution >= 4 is 11.3 Å². The Morgan fingerprint density at radius 1 is 1.53 bits per heavy atom. The maximum Gasteiger partial charge on any atom is 0.0959 e. The third kappa shape index (κ3) is 2.79. The Hall–Kier alpha value is -0.410. The third-order valence-corrected chi connectivity index (χ3v) is 4.37. The molecule has 0 aromatic carbocycles. The third-order valence-electron chi connectivity index (χ3n) is 3.21. The van der Waals surface area contributed by atoms with Gasteiger partial charge in [-0.3, -0.25) is 0 Å². The molecule has 1 aliphatic rings. The molecule has 0 aliphatic heterocycles. The summed E-state index contributed by atoms with van der Waals surface area (Å²) < 4.78 is 0. The molecule has 2 unspecified atom stereocenters. The van der Waals surface area contributed by atoms with Crippen LogP contribution in [0.2, 0.25) is 0 Å². The van der Waals surface area contributed by atoms with E-state index in [0.29, 0.717) is 0 Å². The monoisotopic (exact) mass is 224 g/mol. The molecule has 0 saturated heterocycles. The van der Waals surface area contributed by atoms with Crippen LogP contribution in [0.5, 0.6) is 0 Å². The molecular weight excluding hydrogens is 204 g/mol. The van der Waals surface area contributed by atoms with Crippen molar-refractivity contribution < 1.29 is 0 Å². The average molecular weight is 224 g/mol. The predicted octanol–water partition coefficient (Wildman–Crippen LogP) is 3.16. The van der Waals surface area contributed by atoms with Gasteiger partial charge in [-0.05, 0) is 25.8 Å². The number of nitrogens with one attached hydrogen (secondary N) is 1. The second-order valence-electron chi connectivity index (χ2n) is 4.66. The highest BCUT2D eigenvalue weighted by molar-refractivity contribution is 7.11. The van der Waals surface area contributed by atoms with Crippen molar-refractivity contribution in [3.63, 3.8) is 0 Å². The molecule has 1 fully saturated rings. The van der Waals surface area contributed by atoms with Crippen molar-refractivity contribution in [2.24, 2.45) is 5.92 Å². The van der Waals surface area contributed by atoms with Gasteiger partial charge in [-0.15, -0.1) is 11.3 Å². The standard InChI is InChI=1S/C12H20N2S/c1-9-4-3-5-10(6-9)12-14-8-11(15-12)7-13-2/h8-10,13H,3-7H2,1-2H3. The molecule has 0 radical (unpaired) electrons. The van der Waals surface area contributed by atoms with E-state index in [2.05, 4.69) is 17.2 Å². The van der Waals surface area contributed by atoms with E-state index in [9.17, 15) is 0 Å². The second-order valence-corrected chi connectivity index (χ2v) is 5.81. The highest BCUT2D eigenvalue weighted by Crippen LogP contribution is 2.37. The summed E-state index contributed by atoms with van der Waals surface area (Å²) >= 11 is 1.89. The normalized spacial score (nSPS) is 26.8. The second kappa shape index (κ2) is 5.08. The summed E-state index contributed by atoms with van der Waals surface area (Å²) in [4.78, 5) is 5.94. The van der Waals surface area contributed by atoms with Gasteiger partial charge < -0.3 is 5.32 Å². The van der Waals surface area contributed by atoms with Gasteiger partial charge >= 0.3 is 0 Å². The highest BCUT2D eigenvalue weighted by Gasteiger charge is 2.22. The Balaban J connectivity index is 2.01. The van der Waals surface area contributed by atoms with Crippen LogP contribution in [0, 0.1) is 5.92 Å². The number of nitrogens with zero attached hydrogens (tertiary/aromatic N) is 1. The molecule has 1 heterocycles. The molecule has 1 aromatic heterocycles. The van der Waals surface area contributed by atoms with Gasteiger partial charge in [-0.25, -0.2) is 4.98 Å². The molecule has 2 nitrogen and oxygen atoms in total. The van der Waals surface area contributed by atoms with Gasteiger partial charge in [-0.1, -0.05) is 19.8 Å². The van der Waals surface area contributed by atoms with Crippen LogP contribution in [0.25, 0.3) is 0 Å². The van der Waals surface area contributed by atoms with Crippen molar-refractivity contribution in [2.75, 3.05) is 7.05 Å². The molecule has 1 aromatic rings. The van der Waals surface area contributed by atoms with E-state index in [1.165, 1.54) is 35.6 Å². The average Bonchev–Trinajstić information content (AvgIpc) is 2.67. The van der Waals surface area contributed by atoms with Crippen molar-refractivity contribution in [2.45, 2.75) is 45.1 Å². The van der Waals surface area contributed by atoms with E-state index in [4.69, 9.17) is 0 Å². The van der Waals surface area contributed by atoms with Crippen LogP contribution in [0.4, 0.5) is 0 Å².